The van der Waals surface area contributed by atoms with Gasteiger partial charge in [-0.25, -0.2) is 4.79 Å². The van der Waals surface area contributed by atoms with Crippen molar-refractivity contribution in [1.29, 1.82) is 0 Å². The molecule has 1 fully saturated rings. The SMILES string of the molecule is CCC=CCC=CCC=CCCCCCC1OC1C(=O)OC. The van der Waals surface area contributed by atoms with Gasteiger partial charge in [-0.1, -0.05) is 56.2 Å². The second kappa shape index (κ2) is 12.2. The van der Waals surface area contributed by atoms with Crippen LogP contribution in [-0.4, -0.2) is 25.3 Å². The Kier molecular flexibility index (Phi) is 10.4. The van der Waals surface area contributed by atoms with E-state index >= 15 is 0 Å². The van der Waals surface area contributed by atoms with Crippen molar-refractivity contribution in [3.8, 4) is 0 Å². The van der Waals surface area contributed by atoms with Gasteiger partial charge in [0.15, 0.2) is 6.10 Å². The summed E-state index contributed by atoms with van der Waals surface area (Å²) in [6.45, 7) is 2.15. The van der Waals surface area contributed by atoms with Crippen LogP contribution in [-0.2, 0) is 14.3 Å². The Morgan fingerprint density at radius 2 is 1.68 bits per heavy atom. The molecular formula is C19H30O3. The average molecular weight is 306 g/mol. The number of ether oxygens (including phenoxy) is 2. The van der Waals surface area contributed by atoms with E-state index in [-0.39, 0.29) is 18.2 Å². The van der Waals surface area contributed by atoms with Crippen LogP contribution in [0.15, 0.2) is 36.5 Å². The van der Waals surface area contributed by atoms with Crippen molar-refractivity contribution in [3.63, 3.8) is 0 Å². The molecule has 0 bridgehead atoms. The lowest BCUT2D eigenvalue weighted by atomic mass is 10.1. The second-order valence-corrected chi connectivity index (χ2v) is 5.55. The van der Waals surface area contributed by atoms with Crippen molar-refractivity contribution in [2.24, 2.45) is 0 Å². The zero-order valence-corrected chi connectivity index (χ0v) is 14.0. The third kappa shape index (κ3) is 8.83. The fourth-order valence-electron chi connectivity index (χ4n) is 2.30. The minimum atomic E-state index is -0.288. The lowest BCUT2D eigenvalue weighted by Gasteiger charge is -1.96. The fraction of sp³-hybridized carbons (Fsp3) is 0.632. The Balaban J connectivity index is 1.86. The Morgan fingerprint density at radius 3 is 2.36 bits per heavy atom. The highest BCUT2D eigenvalue weighted by Gasteiger charge is 2.45. The van der Waals surface area contributed by atoms with Crippen molar-refractivity contribution >= 4 is 5.97 Å². The van der Waals surface area contributed by atoms with Crippen molar-refractivity contribution in [3.05, 3.63) is 36.5 Å². The maximum atomic E-state index is 11.2. The molecule has 0 N–H and O–H groups in total. The highest BCUT2D eigenvalue weighted by molar-refractivity contribution is 5.77. The van der Waals surface area contributed by atoms with Crippen LogP contribution in [0, 0.1) is 0 Å². The van der Waals surface area contributed by atoms with Gasteiger partial charge in [0.25, 0.3) is 0 Å². The van der Waals surface area contributed by atoms with E-state index in [0.29, 0.717) is 0 Å². The number of hydrogen-bond donors (Lipinski definition) is 0. The molecule has 0 radical (unpaired) electrons. The summed E-state index contributed by atoms with van der Waals surface area (Å²) in [5, 5.41) is 0. The van der Waals surface area contributed by atoms with Gasteiger partial charge >= 0.3 is 5.97 Å². The number of epoxide rings is 1. The maximum absolute atomic E-state index is 11.2. The van der Waals surface area contributed by atoms with Gasteiger partial charge in [-0.15, -0.1) is 0 Å². The molecule has 3 nitrogen and oxygen atoms in total. The summed E-state index contributed by atoms with van der Waals surface area (Å²) < 4.78 is 9.92. The van der Waals surface area contributed by atoms with Crippen molar-refractivity contribution in [1.82, 2.24) is 0 Å². The molecule has 0 spiro atoms. The first kappa shape index (κ1) is 18.7. The molecule has 124 valence electrons. The third-order valence-corrected chi connectivity index (χ3v) is 3.66. The van der Waals surface area contributed by atoms with Gasteiger partial charge in [-0.3, -0.25) is 0 Å². The first-order valence-electron chi connectivity index (χ1n) is 8.47. The molecule has 22 heavy (non-hydrogen) atoms. The smallest absolute Gasteiger partial charge is 0.337 e. The summed E-state index contributed by atoms with van der Waals surface area (Å²) in [4.78, 5) is 11.2. The van der Waals surface area contributed by atoms with Gasteiger partial charge in [-0.05, 0) is 38.5 Å². The average Bonchev–Trinajstić information content (AvgIpc) is 3.30. The molecule has 2 atom stereocenters. The predicted molar refractivity (Wildman–Crippen MR) is 90.7 cm³/mol. The summed E-state index contributed by atoms with van der Waals surface area (Å²) in [5.41, 5.74) is 0. The van der Waals surface area contributed by atoms with E-state index in [1.165, 1.54) is 20.0 Å². The van der Waals surface area contributed by atoms with Gasteiger partial charge in [-0.2, -0.15) is 0 Å². The topological polar surface area (TPSA) is 38.8 Å². The number of esters is 1. The van der Waals surface area contributed by atoms with Crippen LogP contribution in [0.4, 0.5) is 0 Å². The van der Waals surface area contributed by atoms with Gasteiger partial charge in [0.1, 0.15) is 0 Å². The van der Waals surface area contributed by atoms with Crippen LogP contribution >= 0.6 is 0 Å². The van der Waals surface area contributed by atoms with E-state index in [0.717, 1.165) is 38.5 Å². The molecule has 1 heterocycles. The van der Waals surface area contributed by atoms with E-state index < -0.39 is 0 Å². The highest BCUT2D eigenvalue weighted by Crippen LogP contribution is 2.28. The van der Waals surface area contributed by atoms with Crippen molar-refractivity contribution in [2.45, 2.75) is 70.5 Å². The lowest BCUT2D eigenvalue weighted by molar-refractivity contribution is -0.142. The number of allylic oxidation sites excluding steroid dienone is 6. The Bertz CT molecular complexity index is 382. The number of carbonyl (C=O) groups is 1. The van der Waals surface area contributed by atoms with Gasteiger partial charge < -0.3 is 9.47 Å². The maximum Gasteiger partial charge on any atom is 0.337 e. The molecule has 0 saturated carbocycles. The van der Waals surface area contributed by atoms with E-state index in [2.05, 4.69) is 48.1 Å². The van der Waals surface area contributed by atoms with Crippen molar-refractivity contribution < 1.29 is 14.3 Å². The van der Waals surface area contributed by atoms with Crippen molar-refractivity contribution in [2.75, 3.05) is 7.11 Å². The van der Waals surface area contributed by atoms with E-state index in [1.807, 2.05) is 0 Å². The van der Waals surface area contributed by atoms with Crippen LogP contribution < -0.4 is 0 Å². The van der Waals surface area contributed by atoms with Crippen LogP contribution in [0.3, 0.4) is 0 Å². The zero-order valence-electron chi connectivity index (χ0n) is 14.0. The summed E-state index contributed by atoms with van der Waals surface area (Å²) in [6, 6.07) is 0. The molecule has 0 aliphatic carbocycles. The molecule has 2 unspecified atom stereocenters. The quantitative estimate of drug-likeness (QED) is 0.226. The predicted octanol–water partition coefficient (Wildman–Crippen LogP) is 4.74. The van der Waals surface area contributed by atoms with E-state index in [4.69, 9.17) is 4.74 Å². The Hall–Kier alpha value is -1.35. The zero-order chi connectivity index (χ0) is 16.0. The molecule has 1 aliphatic rings. The Labute approximate surface area is 135 Å². The lowest BCUT2D eigenvalue weighted by Crippen LogP contribution is -2.11. The number of rotatable bonds is 12. The molecule has 0 aromatic carbocycles. The molecular weight excluding hydrogens is 276 g/mol. The molecule has 0 aromatic heterocycles. The second-order valence-electron chi connectivity index (χ2n) is 5.55. The monoisotopic (exact) mass is 306 g/mol. The van der Waals surface area contributed by atoms with Crippen LogP contribution in [0.2, 0.25) is 0 Å². The van der Waals surface area contributed by atoms with Crippen LogP contribution in [0.5, 0.6) is 0 Å². The molecule has 0 amide bonds. The van der Waals surface area contributed by atoms with Crippen LogP contribution in [0.25, 0.3) is 0 Å². The van der Waals surface area contributed by atoms with E-state index in [9.17, 15) is 4.79 Å². The Morgan fingerprint density at radius 1 is 1.00 bits per heavy atom. The molecule has 1 aliphatic heterocycles. The van der Waals surface area contributed by atoms with Gasteiger partial charge in [0.2, 0.25) is 0 Å². The minimum Gasteiger partial charge on any atom is -0.467 e. The molecule has 3 heteroatoms. The minimum absolute atomic E-state index is 0.106. The first-order chi connectivity index (χ1) is 10.8. The number of carbonyl (C=O) groups excluding carboxylic acids is 1. The fourth-order valence-corrected chi connectivity index (χ4v) is 2.30. The van der Waals surface area contributed by atoms with Gasteiger partial charge in [0, 0.05) is 0 Å². The normalized spacial score (nSPS) is 21.2. The summed E-state index contributed by atoms with van der Waals surface area (Å²) >= 11 is 0. The summed E-state index contributed by atoms with van der Waals surface area (Å²) in [7, 11) is 1.41. The summed E-state index contributed by atoms with van der Waals surface area (Å²) in [5.74, 6) is -0.230. The third-order valence-electron chi connectivity index (χ3n) is 3.66. The van der Waals surface area contributed by atoms with Crippen LogP contribution in [0.1, 0.15) is 58.3 Å². The molecule has 0 aromatic rings. The largest absolute Gasteiger partial charge is 0.467 e. The van der Waals surface area contributed by atoms with Gasteiger partial charge in [0.05, 0.1) is 13.2 Å². The number of methoxy groups -OCH3 is 1. The standard InChI is InChI=1S/C19H30O3/c1-3-4-5-6-7-8-9-10-11-12-13-14-15-16-17-18(22-17)19(20)21-2/h4-5,7-8,10-11,17-18H,3,6,9,12-16H2,1-2H3. The number of hydrogen-bond acceptors (Lipinski definition) is 3. The number of unbranched alkanes of at least 4 members (excludes halogenated alkanes) is 3. The highest BCUT2D eigenvalue weighted by atomic mass is 16.6. The molecule has 1 saturated heterocycles. The van der Waals surface area contributed by atoms with E-state index in [1.54, 1.807) is 0 Å². The first-order valence-corrected chi connectivity index (χ1v) is 8.47. The summed E-state index contributed by atoms with van der Waals surface area (Å²) in [6.07, 6.45) is 21.9. The molecule has 1 rings (SSSR count).